The number of nitrogens with one attached hydrogen (secondary N) is 2. The summed E-state index contributed by atoms with van der Waals surface area (Å²) in [5.41, 5.74) is 3.14. The Kier molecular flexibility index (Phi) is 4.66. The fourth-order valence-electron chi connectivity index (χ4n) is 2.46. The lowest BCUT2D eigenvalue weighted by Crippen LogP contribution is -2.12. The SMILES string of the molecule is CC(C)c1nn(-c2ccccc2)cc1CNc1cn[nH]c(=O)c1Cl. The molecule has 24 heavy (non-hydrogen) atoms. The molecule has 0 saturated heterocycles. The highest BCUT2D eigenvalue weighted by atomic mass is 35.5. The van der Waals surface area contributed by atoms with E-state index in [1.165, 1.54) is 6.20 Å². The fraction of sp³-hybridized carbons (Fsp3) is 0.235. The summed E-state index contributed by atoms with van der Waals surface area (Å²) in [6.45, 7) is 4.71. The van der Waals surface area contributed by atoms with Crippen LogP contribution in [0.15, 0.2) is 47.5 Å². The average Bonchev–Trinajstić information content (AvgIpc) is 3.01. The summed E-state index contributed by atoms with van der Waals surface area (Å²) in [7, 11) is 0. The Morgan fingerprint density at radius 1 is 1.29 bits per heavy atom. The third-order valence-electron chi connectivity index (χ3n) is 3.66. The molecule has 0 aliphatic carbocycles. The lowest BCUT2D eigenvalue weighted by molar-refractivity contribution is 0.763. The van der Waals surface area contributed by atoms with E-state index in [9.17, 15) is 4.79 Å². The first-order chi connectivity index (χ1) is 11.6. The molecule has 0 aliphatic heterocycles. The standard InChI is InChI=1S/C17H18ClN5O/c1-11(2)16-12(8-19-14-9-20-21-17(24)15(14)18)10-23(22-16)13-6-4-3-5-7-13/h3-7,9-11H,8H2,1-2H3,(H2,19,21,24). The van der Waals surface area contributed by atoms with Crippen LogP contribution >= 0.6 is 11.6 Å². The molecule has 3 rings (SSSR count). The van der Waals surface area contributed by atoms with Crippen LogP contribution in [0.3, 0.4) is 0 Å². The van der Waals surface area contributed by atoms with Gasteiger partial charge in [0.2, 0.25) is 0 Å². The van der Waals surface area contributed by atoms with Gasteiger partial charge in [-0.15, -0.1) is 0 Å². The summed E-state index contributed by atoms with van der Waals surface area (Å²) in [6.07, 6.45) is 3.49. The first-order valence-corrected chi connectivity index (χ1v) is 8.05. The molecule has 2 aromatic heterocycles. The van der Waals surface area contributed by atoms with Crippen molar-refractivity contribution < 1.29 is 0 Å². The summed E-state index contributed by atoms with van der Waals surface area (Å²) < 4.78 is 1.87. The first-order valence-electron chi connectivity index (χ1n) is 7.67. The summed E-state index contributed by atoms with van der Waals surface area (Å²) in [6, 6.07) is 9.94. The van der Waals surface area contributed by atoms with Gasteiger partial charge in [0.15, 0.2) is 0 Å². The maximum Gasteiger partial charge on any atom is 0.285 e. The molecular weight excluding hydrogens is 326 g/mol. The maximum absolute atomic E-state index is 11.5. The number of halogens is 1. The normalized spacial score (nSPS) is 11.0. The van der Waals surface area contributed by atoms with Crippen molar-refractivity contribution in [3.8, 4) is 5.69 Å². The van der Waals surface area contributed by atoms with Gasteiger partial charge in [-0.25, -0.2) is 9.78 Å². The molecule has 0 bridgehead atoms. The Hall–Kier alpha value is -2.60. The van der Waals surface area contributed by atoms with Crippen molar-refractivity contribution in [2.75, 3.05) is 5.32 Å². The highest BCUT2D eigenvalue weighted by Crippen LogP contribution is 2.22. The smallest absolute Gasteiger partial charge is 0.285 e. The van der Waals surface area contributed by atoms with Crippen LogP contribution in [-0.2, 0) is 6.54 Å². The van der Waals surface area contributed by atoms with Gasteiger partial charge in [-0.2, -0.15) is 10.2 Å². The Morgan fingerprint density at radius 3 is 2.75 bits per heavy atom. The number of anilines is 1. The zero-order valence-electron chi connectivity index (χ0n) is 13.5. The van der Waals surface area contributed by atoms with Crippen LogP contribution in [0.25, 0.3) is 5.69 Å². The quantitative estimate of drug-likeness (QED) is 0.745. The molecule has 6 nitrogen and oxygen atoms in total. The van der Waals surface area contributed by atoms with E-state index in [4.69, 9.17) is 16.7 Å². The second-order valence-electron chi connectivity index (χ2n) is 5.75. The summed E-state index contributed by atoms with van der Waals surface area (Å²) >= 11 is 6.00. The highest BCUT2D eigenvalue weighted by molar-refractivity contribution is 6.32. The van der Waals surface area contributed by atoms with Crippen molar-refractivity contribution in [3.05, 3.63) is 69.4 Å². The number of nitrogens with zero attached hydrogens (tertiary/aromatic N) is 3. The van der Waals surface area contributed by atoms with Crippen LogP contribution in [0.4, 0.5) is 5.69 Å². The zero-order chi connectivity index (χ0) is 17.1. The number of aromatic nitrogens is 4. The minimum absolute atomic E-state index is 0.103. The van der Waals surface area contributed by atoms with Gasteiger partial charge in [-0.05, 0) is 18.1 Å². The minimum Gasteiger partial charge on any atom is -0.378 e. The number of para-hydroxylation sites is 1. The number of aromatic amines is 1. The molecule has 0 aliphatic rings. The van der Waals surface area contributed by atoms with Crippen molar-refractivity contribution in [1.29, 1.82) is 0 Å². The Labute approximate surface area is 144 Å². The lowest BCUT2D eigenvalue weighted by atomic mass is 10.1. The van der Waals surface area contributed by atoms with Crippen LogP contribution < -0.4 is 10.9 Å². The van der Waals surface area contributed by atoms with E-state index in [-0.39, 0.29) is 10.9 Å². The van der Waals surface area contributed by atoms with Gasteiger partial charge >= 0.3 is 0 Å². The average molecular weight is 344 g/mol. The van der Waals surface area contributed by atoms with E-state index < -0.39 is 5.56 Å². The largest absolute Gasteiger partial charge is 0.378 e. The molecule has 0 saturated carbocycles. The molecule has 1 aromatic carbocycles. The number of H-pyrrole nitrogens is 1. The van der Waals surface area contributed by atoms with E-state index in [1.54, 1.807) is 0 Å². The monoisotopic (exact) mass is 343 g/mol. The third-order valence-corrected chi connectivity index (χ3v) is 4.03. The van der Waals surface area contributed by atoms with Gasteiger partial charge in [0, 0.05) is 18.3 Å². The number of hydrogen-bond acceptors (Lipinski definition) is 4. The van der Waals surface area contributed by atoms with Crippen molar-refractivity contribution in [1.82, 2.24) is 20.0 Å². The lowest BCUT2D eigenvalue weighted by Gasteiger charge is -2.08. The van der Waals surface area contributed by atoms with Crippen molar-refractivity contribution in [2.45, 2.75) is 26.3 Å². The molecule has 2 N–H and O–H groups in total. The molecule has 2 heterocycles. The van der Waals surface area contributed by atoms with Gasteiger partial charge in [0.05, 0.1) is 23.3 Å². The van der Waals surface area contributed by atoms with Gasteiger partial charge in [-0.1, -0.05) is 43.6 Å². The van der Waals surface area contributed by atoms with Crippen molar-refractivity contribution in [3.63, 3.8) is 0 Å². The van der Waals surface area contributed by atoms with Crippen molar-refractivity contribution in [2.24, 2.45) is 0 Å². The molecule has 0 atom stereocenters. The van der Waals surface area contributed by atoms with Gasteiger partial charge in [0.1, 0.15) is 5.02 Å². The topological polar surface area (TPSA) is 75.6 Å². The van der Waals surface area contributed by atoms with Gasteiger partial charge < -0.3 is 5.32 Å². The second-order valence-corrected chi connectivity index (χ2v) is 6.13. The van der Waals surface area contributed by atoms with Gasteiger partial charge in [0.25, 0.3) is 5.56 Å². The van der Waals surface area contributed by atoms with Crippen LogP contribution in [-0.4, -0.2) is 20.0 Å². The van der Waals surface area contributed by atoms with Crippen LogP contribution in [0.2, 0.25) is 5.02 Å². The predicted molar refractivity (Wildman–Crippen MR) is 94.8 cm³/mol. The Morgan fingerprint density at radius 2 is 2.04 bits per heavy atom. The van der Waals surface area contributed by atoms with E-state index in [0.29, 0.717) is 12.2 Å². The molecule has 0 radical (unpaired) electrons. The molecule has 0 fully saturated rings. The summed E-state index contributed by atoms with van der Waals surface area (Å²) in [4.78, 5) is 11.5. The van der Waals surface area contributed by atoms with Crippen LogP contribution in [0.1, 0.15) is 31.0 Å². The molecular formula is C17H18ClN5O. The van der Waals surface area contributed by atoms with E-state index in [1.807, 2.05) is 41.2 Å². The Bertz CT molecular complexity index is 885. The third kappa shape index (κ3) is 3.33. The maximum atomic E-state index is 11.5. The van der Waals surface area contributed by atoms with E-state index in [2.05, 4.69) is 29.4 Å². The number of benzene rings is 1. The van der Waals surface area contributed by atoms with Crippen molar-refractivity contribution >= 4 is 17.3 Å². The predicted octanol–water partition coefficient (Wildman–Crippen LogP) is 3.34. The van der Waals surface area contributed by atoms with E-state index in [0.717, 1.165) is 16.9 Å². The highest BCUT2D eigenvalue weighted by Gasteiger charge is 2.14. The number of rotatable bonds is 5. The minimum atomic E-state index is -0.411. The number of hydrogen-bond donors (Lipinski definition) is 2. The summed E-state index contributed by atoms with van der Waals surface area (Å²) in [5.74, 6) is 0.277. The zero-order valence-corrected chi connectivity index (χ0v) is 14.2. The molecule has 0 unspecified atom stereocenters. The van der Waals surface area contributed by atoms with E-state index >= 15 is 0 Å². The molecule has 7 heteroatoms. The second kappa shape index (κ2) is 6.88. The molecule has 0 amide bonds. The molecule has 0 spiro atoms. The van der Waals surface area contributed by atoms with Gasteiger partial charge in [-0.3, -0.25) is 4.79 Å². The summed E-state index contributed by atoms with van der Waals surface area (Å²) in [5, 5.41) is 14.0. The molecule has 3 aromatic rings. The fourth-order valence-corrected chi connectivity index (χ4v) is 2.61. The first kappa shape index (κ1) is 16.3. The molecule has 124 valence electrons. The Balaban J connectivity index is 1.88. The van der Waals surface area contributed by atoms with Crippen LogP contribution in [0.5, 0.6) is 0 Å². The van der Waals surface area contributed by atoms with Crippen LogP contribution in [0, 0.1) is 0 Å².